The minimum Gasteiger partial charge on any atom is -0.452 e. The van der Waals surface area contributed by atoms with Crippen LogP contribution in [0.2, 0.25) is 0 Å². The Morgan fingerprint density at radius 1 is 1.23 bits per heavy atom. The number of hydrogen-bond acceptors (Lipinski definition) is 7. The molecule has 0 saturated carbocycles. The lowest BCUT2D eigenvalue weighted by Gasteiger charge is -2.13. The SMILES string of the molecule is Cc1c(NC(=O)COC(=O)c2cccc(CN3C(=O)CNC3=O)c2)cccc1[N+](=O)[O-]. The summed E-state index contributed by atoms with van der Waals surface area (Å²) >= 11 is 0. The van der Waals surface area contributed by atoms with Gasteiger partial charge in [-0.2, -0.15) is 0 Å². The van der Waals surface area contributed by atoms with Crippen LogP contribution >= 0.6 is 0 Å². The number of ether oxygens (including phenoxy) is 1. The van der Waals surface area contributed by atoms with Crippen molar-refractivity contribution in [2.75, 3.05) is 18.5 Å². The summed E-state index contributed by atoms with van der Waals surface area (Å²) < 4.78 is 5.00. The van der Waals surface area contributed by atoms with Crippen molar-refractivity contribution in [3.63, 3.8) is 0 Å². The van der Waals surface area contributed by atoms with Crippen molar-refractivity contribution < 1.29 is 28.8 Å². The van der Waals surface area contributed by atoms with Gasteiger partial charge in [0.15, 0.2) is 6.61 Å². The molecule has 2 N–H and O–H groups in total. The number of carbonyl (C=O) groups is 4. The summed E-state index contributed by atoms with van der Waals surface area (Å²) in [6, 6.07) is 9.89. The number of hydrogen-bond donors (Lipinski definition) is 2. The molecule has 1 heterocycles. The van der Waals surface area contributed by atoms with E-state index in [0.717, 1.165) is 4.90 Å². The Morgan fingerprint density at radius 3 is 2.65 bits per heavy atom. The predicted molar refractivity (Wildman–Crippen MR) is 107 cm³/mol. The maximum absolute atomic E-state index is 12.3. The Labute approximate surface area is 176 Å². The number of nitro groups is 1. The normalized spacial score (nSPS) is 13.0. The third-order valence-electron chi connectivity index (χ3n) is 4.55. The van der Waals surface area contributed by atoms with Crippen LogP contribution in [0.4, 0.5) is 16.2 Å². The molecule has 0 aliphatic carbocycles. The molecule has 0 atom stereocenters. The largest absolute Gasteiger partial charge is 0.452 e. The van der Waals surface area contributed by atoms with E-state index in [-0.39, 0.29) is 41.5 Å². The molecule has 11 heteroatoms. The molecule has 0 bridgehead atoms. The monoisotopic (exact) mass is 426 g/mol. The van der Waals surface area contributed by atoms with Gasteiger partial charge in [0, 0.05) is 6.07 Å². The van der Waals surface area contributed by atoms with Crippen molar-refractivity contribution in [2.45, 2.75) is 13.5 Å². The Hall–Kier alpha value is -4.28. The number of nitro benzene ring substituents is 1. The maximum atomic E-state index is 12.3. The van der Waals surface area contributed by atoms with Gasteiger partial charge in [-0.3, -0.25) is 24.6 Å². The van der Waals surface area contributed by atoms with Gasteiger partial charge in [0.25, 0.3) is 11.6 Å². The molecule has 1 aliphatic heterocycles. The van der Waals surface area contributed by atoms with Crippen molar-refractivity contribution in [2.24, 2.45) is 0 Å². The first-order chi connectivity index (χ1) is 14.8. The highest BCUT2D eigenvalue weighted by Crippen LogP contribution is 2.25. The zero-order valence-corrected chi connectivity index (χ0v) is 16.4. The van der Waals surface area contributed by atoms with Crippen LogP contribution in [-0.4, -0.2) is 46.8 Å². The first kappa shape index (κ1) is 21.4. The van der Waals surface area contributed by atoms with Crippen LogP contribution in [0.1, 0.15) is 21.5 Å². The molecule has 31 heavy (non-hydrogen) atoms. The average Bonchev–Trinajstić information content (AvgIpc) is 3.05. The van der Waals surface area contributed by atoms with Crippen LogP contribution in [0.25, 0.3) is 0 Å². The fourth-order valence-corrected chi connectivity index (χ4v) is 2.95. The van der Waals surface area contributed by atoms with E-state index in [1.807, 2.05) is 0 Å². The molecule has 3 rings (SSSR count). The molecule has 11 nitrogen and oxygen atoms in total. The lowest BCUT2D eigenvalue weighted by atomic mass is 10.1. The van der Waals surface area contributed by atoms with Crippen LogP contribution in [0.3, 0.4) is 0 Å². The van der Waals surface area contributed by atoms with E-state index in [1.165, 1.54) is 37.3 Å². The summed E-state index contributed by atoms with van der Waals surface area (Å²) in [5.74, 6) is -1.80. The molecule has 160 valence electrons. The van der Waals surface area contributed by atoms with E-state index in [1.54, 1.807) is 12.1 Å². The summed E-state index contributed by atoms with van der Waals surface area (Å²) in [7, 11) is 0. The average molecular weight is 426 g/mol. The molecule has 4 amide bonds. The van der Waals surface area contributed by atoms with Gasteiger partial charge in [-0.15, -0.1) is 0 Å². The number of benzene rings is 2. The van der Waals surface area contributed by atoms with Crippen LogP contribution in [0.5, 0.6) is 0 Å². The first-order valence-corrected chi connectivity index (χ1v) is 9.14. The predicted octanol–water partition coefficient (Wildman–Crippen LogP) is 1.75. The third-order valence-corrected chi connectivity index (χ3v) is 4.55. The van der Waals surface area contributed by atoms with Crippen molar-refractivity contribution in [1.82, 2.24) is 10.2 Å². The van der Waals surface area contributed by atoms with Crippen LogP contribution in [0, 0.1) is 17.0 Å². The third kappa shape index (κ3) is 5.01. The highest BCUT2D eigenvalue weighted by Gasteiger charge is 2.28. The van der Waals surface area contributed by atoms with E-state index >= 15 is 0 Å². The lowest BCUT2D eigenvalue weighted by Crippen LogP contribution is -2.30. The summed E-state index contributed by atoms with van der Waals surface area (Å²) in [6.07, 6.45) is 0. The number of rotatable bonds is 7. The van der Waals surface area contributed by atoms with Crippen molar-refractivity contribution >= 4 is 35.2 Å². The van der Waals surface area contributed by atoms with Gasteiger partial charge in [-0.1, -0.05) is 18.2 Å². The minimum atomic E-state index is -0.773. The van der Waals surface area contributed by atoms with E-state index in [0.29, 0.717) is 5.56 Å². The molecular formula is C20H18N4O7. The molecule has 0 radical (unpaired) electrons. The molecule has 0 unspecified atom stereocenters. The van der Waals surface area contributed by atoms with Crippen molar-refractivity contribution in [1.29, 1.82) is 0 Å². The second kappa shape index (κ2) is 9.03. The number of carbonyl (C=O) groups excluding carboxylic acids is 4. The minimum absolute atomic E-state index is 0.00165. The summed E-state index contributed by atoms with van der Waals surface area (Å²) in [5.41, 5.74) is 1.06. The summed E-state index contributed by atoms with van der Waals surface area (Å²) in [6.45, 7) is 0.826. The highest BCUT2D eigenvalue weighted by atomic mass is 16.6. The van der Waals surface area contributed by atoms with Gasteiger partial charge in [-0.05, 0) is 30.7 Å². The van der Waals surface area contributed by atoms with E-state index < -0.39 is 29.4 Å². The standard InChI is InChI=1S/C20H18N4O7/c1-12-15(6-3-7-16(12)24(29)30)22-17(25)11-31-19(27)14-5-2-4-13(8-14)10-23-18(26)9-21-20(23)28/h2-8H,9-11H2,1H3,(H,21,28)(H,22,25). The maximum Gasteiger partial charge on any atom is 0.338 e. The number of esters is 1. The Morgan fingerprint density at radius 2 is 1.97 bits per heavy atom. The van der Waals surface area contributed by atoms with E-state index in [2.05, 4.69) is 10.6 Å². The number of urea groups is 1. The van der Waals surface area contributed by atoms with Gasteiger partial charge in [0.1, 0.15) is 0 Å². The van der Waals surface area contributed by atoms with Crippen LogP contribution < -0.4 is 10.6 Å². The van der Waals surface area contributed by atoms with E-state index in [9.17, 15) is 29.3 Å². The van der Waals surface area contributed by atoms with E-state index in [4.69, 9.17) is 4.74 Å². The second-order valence-corrected chi connectivity index (χ2v) is 6.67. The topological polar surface area (TPSA) is 148 Å². The molecule has 0 aromatic heterocycles. The van der Waals surface area contributed by atoms with Gasteiger partial charge >= 0.3 is 12.0 Å². The smallest absolute Gasteiger partial charge is 0.338 e. The summed E-state index contributed by atoms with van der Waals surface area (Å²) in [5, 5.41) is 15.9. The Kier molecular flexibility index (Phi) is 6.24. The molecular weight excluding hydrogens is 408 g/mol. The zero-order chi connectivity index (χ0) is 22.5. The van der Waals surface area contributed by atoms with Crippen molar-refractivity contribution in [3.8, 4) is 0 Å². The number of imide groups is 1. The first-order valence-electron chi connectivity index (χ1n) is 9.14. The molecule has 1 aliphatic rings. The second-order valence-electron chi connectivity index (χ2n) is 6.67. The number of nitrogens with zero attached hydrogens (tertiary/aromatic N) is 2. The molecule has 1 fully saturated rings. The van der Waals surface area contributed by atoms with Gasteiger partial charge in [-0.25, -0.2) is 9.59 Å². The van der Waals surface area contributed by atoms with Crippen molar-refractivity contribution in [3.05, 3.63) is 69.3 Å². The quantitative estimate of drug-likeness (QED) is 0.297. The molecule has 0 spiro atoms. The fourth-order valence-electron chi connectivity index (χ4n) is 2.95. The molecule has 2 aromatic rings. The Balaban J connectivity index is 1.59. The van der Waals surface area contributed by atoms with Crippen LogP contribution in [-0.2, 0) is 20.9 Å². The number of nitrogens with one attached hydrogen (secondary N) is 2. The van der Waals surface area contributed by atoms with Gasteiger partial charge < -0.3 is 15.4 Å². The van der Waals surface area contributed by atoms with Gasteiger partial charge in [0.2, 0.25) is 5.91 Å². The zero-order valence-electron chi connectivity index (χ0n) is 16.4. The Bertz CT molecular complexity index is 1070. The molecule has 2 aromatic carbocycles. The summed E-state index contributed by atoms with van der Waals surface area (Å²) in [4.78, 5) is 59.2. The number of amides is 4. The lowest BCUT2D eigenvalue weighted by molar-refractivity contribution is -0.385. The fraction of sp³-hybridized carbons (Fsp3) is 0.200. The number of anilines is 1. The molecule has 1 saturated heterocycles. The highest BCUT2D eigenvalue weighted by molar-refractivity contribution is 6.02. The van der Waals surface area contributed by atoms with Crippen LogP contribution in [0.15, 0.2) is 42.5 Å². The van der Waals surface area contributed by atoms with Gasteiger partial charge in [0.05, 0.1) is 34.8 Å².